The highest BCUT2D eigenvalue weighted by Crippen LogP contribution is 2.41. The highest BCUT2D eigenvalue weighted by Gasteiger charge is 2.58. The molecule has 3 unspecified atom stereocenters. The number of para-hydroxylation sites is 1. The molecule has 0 bridgehead atoms. The number of hydrogen-bond donors (Lipinski definition) is 5. The highest BCUT2D eigenvalue weighted by molar-refractivity contribution is 6.12. The van der Waals surface area contributed by atoms with Gasteiger partial charge in [0.2, 0.25) is 5.91 Å². The van der Waals surface area contributed by atoms with Gasteiger partial charge in [0.15, 0.2) is 11.3 Å². The lowest BCUT2D eigenvalue weighted by molar-refractivity contribution is -0.165. The maximum Gasteiger partial charge on any atom is 0.335 e. The number of Topliss-reactive ketones (excluding diaryl/α,β-unsaturated/α-hetero) is 1. The monoisotopic (exact) mass is 586 g/mol. The standard InChI is InChI=1S/C32H34N4O7/c1-31(2,3)43-29(41)32(25(37)19-33-30(42)35-23-16-10-13-21(17-23)28(39)40)18-24(26(36-32)20-11-6-4-7-12-20)27(38)34-22-14-8-5-9-15-22/h4-17,24,26,36H,18-19H2,1-3H3,(H,34,38)(H,39,40)(H2,33,35,42). The normalized spacial score (nSPS) is 19.6. The number of nitrogens with one attached hydrogen (secondary N) is 4. The summed E-state index contributed by atoms with van der Waals surface area (Å²) in [6, 6.07) is 21.9. The minimum atomic E-state index is -1.96. The number of urea groups is 1. The van der Waals surface area contributed by atoms with Crippen molar-refractivity contribution in [2.75, 3.05) is 17.2 Å². The summed E-state index contributed by atoms with van der Waals surface area (Å²) in [6.07, 6.45) is -0.219. The Balaban J connectivity index is 1.61. The van der Waals surface area contributed by atoms with Crippen LogP contribution in [0.4, 0.5) is 16.2 Å². The number of carboxylic acids is 1. The third kappa shape index (κ3) is 7.63. The maximum absolute atomic E-state index is 13.9. The van der Waals surface area contributed by atoms with Crippen LogP contribution in [0.5, 0.6) is 0 Å². The fraction of sp³-hybridized carbons (Fsp3) is 0.281. The number of anilines is 2. The van der Waals surface area contributed by atoms with Gasteiger partial charge in [0.25, 0.3) is 0 Å². The van der Waals surface area contributed by atoms with Gasteiger partial charge in [-0.05, 0) is 63.1 Å². The molecule has 1 fully saturated rings. The first-order chi connectivity index (χ1) is 20.4. The van der Waals surface area contributed by atoms with Crippen LogP contribution in [0.2, 0.25) is 0 Å². The van der Waals surface area contributed by atoms with E-state index < -0.39 is 59.3 Å². The van der Waals surface area contributed by atoms with Gasteiger partial charge in [0.1, 0.15) is 5.60 Å². The number of ketones is 1. The molecule has 3 aromatic rings. The summed E-state index contributed by atoms with van der Waals surface area (Å²) in [6.45, 7) is 4.43. The van der Waals surface area contributed by atoms with Crippen molar-refractivity contribution in [2.24, 2.45) is 5.92 Å². The molecule has 3 atom stereocenters. The van der Waals surface area contributed by atoms with Gasteiger partial charge in [-0.15, -0.1) is 0 Å². The third-order valence-electron chi connectivity index (χ3n) is 6.87. The Morgan fingerprint density at radius 1 is 0.884 bits per heavy atom. The molecule has 1 aliphatic rings. The second kappa shape index (κ2) is 12.9. The molecule has 0 saturated carbocycles. The average molecular weight is 587 g/mol. The zero-order valence-corrected chi connectivity index (χ0v) is 24.0. The first-order valence-electron chi connectivity index (χ1n) is 13.7. The number of carboxylic acid groups (broad SMARTS) is 1. The molecule has 224 valence electrons. The molecule has 0 spiro atoms. The molecule has 11 heteroatoms. The lowest BCUT2D eigenvalue weighted by atomic mass is 9.85. The summed E-state index contributed by atoms with van der Waals surface area (Å²) >= 11 is 0. The van der Waals surface area contributed by atoms with E-state index in [9.17, 15) is 29.1 Å². The fourth-order valence-corrected chi connectivity index (χ4v) is 4.88. The molecule has 3 amide bonds. The Morgan fingerprint density at radius 2 is 1.51 bits per heavy atom. The first kappa shape index (κ1) is 30.9. The number of esters is 1. The van der Waals surface area contributed by atoms with Crippen LogP contribution in [-0.4, -0.2) is 52.5 Å². The first-order valence-corrected chi connectivity index (χ1v) is 13.7. The summed E-state index contributed by atoms with van der Waals surface area (Å²) in [7, 11) is 0. The SMILES string of the molecule is CC(C)(C)OC(=O)C1(C(=O)CNC(=O)Nc2cccc(C(=O)O)c2)CC(C(=O)Nc2ccccc2)C(c2ccccc2)N1. The molecule has 3 aromatic carbocycles. The topological polar surface area (TPSA) is 163 Å². The fourth-order valence-electron chi connectivity index (χ4n) is 4.88. The van der Waals surface area contributed by atoms with Gasteiger partial charge in [0, 0.05) is 17.4 Å². The molecule has 0 aliphatic carbocycles. The molecule has 5 N–H and O–H groups in total. The van der Waals surface area contributed by atoms with Crippen LogP contribution < -0.4 is 21.3 Å². The van der Waals surface area contributed by atoms with Gasteiger partial charge in [-0.1, -0.05) is 54.6 Å². The van der Waals surface area contributed by atoms with Gasteiger partial charge in [0.05, 0.1) is 18.0 Å². The number of carbonyl (C=O) groups excluding carboxylic acids is 4. The van der Waals surface area contributed by atoms with E-state index in [1.807, 2.05) is 12.1 Å². The summed E-state index contributed by atoms with van der Waals surface area (Å²) in [5.74, 6) is -3.98. The second-order valence-corrected chi connectivity index (χ2v) is 11.2. The minimum absolute atomic E-state index is 0.0281. The number of carbonyl (C=O) groups is 5. The van der Waals surface area contributed by atoms with Crippen LogP contribution >= 0.6 is 0 Å². The number of benzene rings is 3. The van der Waals surface area contributed by atoms with Crippen molar-refractivity contribution in [3.05, 3.63) is 96.1 Å². The Bertz CT molecular complexity index is 1500. The van der Waals surface area contributed by atoms with Crippen LogP contribution in [0.25, 0.3) is 0 Å². The van der Waals surface area contributed by atoms with E-state index in [2.05, 4.69) is 21.3 Å². The number of amides is 3. The van der Waals surface area contributed by atoms with Crippen molar-refractivity contribution < 1.29 is 33.8 Å². The highest BCUT2D eigenvalue weighted by atomic mass is 16.6. The van der Waals surface area contributed by atoms with Crippen LogP contribution in [0, 0.1) is 5.92 Å². The number of ether oxygens (including phenoxy) is 1. The molecule has 0 aromatic heterocycles. The second-order valence-electron chi connectivity index (χ2n) is 11.2. The molecule has 4 rings (SSSR count). The van der Waals surface area contributed by atoms with Crippen molar-refractivity contribution in [1.29, 1.82) is 0 Å². The Morgan fingerprint density at radius 3 is 2.14 bits per heavy atom. The van der Waals surface area contributed by atoms with Crippen molar-refractivity contribution in [1.82, 2.24) is 10.6 Å². The largest absolute Gasteiger partial charge is 0.478 e. The van der Waals surface area contributed by atoms with Gasteiger partial charge < -0.3 is 25.8 Å². The third-order valence-corrected chi connectivity index (χ3v) is 6.87. The van der Waals surface area contributed by atoms with E-state index in [1.54, 1.807) is 69.3 Å². The molecule has 0 radical (unpaired) electrons. The molecule has 11 nitrogen and oxygen atoms in total. The summed E-state index contributed by atoms with van der Waals surface area (Å²) in [5.41, 5.74) is -1.47. The minimum Gasteiger partial charge on any atom is -0.478 e. The lowest BCUT2D eigenvalue weighted by Crippen LogP contribution is -2.59. The predicted octanol–water partition coefficient (Wildman–Crippen LogP) is 4.15. The van der Waals surface area contributed by atoms with E-state index in [0.29, 0.717) is 11.3 Å². The molecule has 1 heterocycles. The average Bonchev–Trinajstić information content (AvgIpc) is 3.39. The van der Waals surface area contributed by atoms with Gasteiger partial charge in [-0.3, -0.25) is 14.9 Å². The van der Waals surface area contributed by atoms with E-state index >= 15 is 0 Å². The van der Waals surface area contributed by atoms with E-state index in [-0.39, 0.29) is 17.7 Å². The zero-order chi connectivity index (χ0) is 31.2. The Hall–Kier alpha value is -5.03. The molecular formula is C32H34N4O7. The summed E-state index contributed by atoms with van der Waals surface area (Å²) in [4.78, 5) is 65.2. The molecule has 43 heavy (non-hydrogen) atoms. The van der Waals surface area contributed by atoms with Crippen LogP contribution in [0.3, 0.4) is 0 Å². The molecular weight excluding hydrogens is 552 g/mol. The zero-order valence-electron chi connectivity index (χ0n) is 24.0. The predicted molar refractivity (Wildman–Crippen MR) is 160 cm³/mol. The van der Waals surface area contributed by atoms with Crippen molar-refractivity contribution in [3.8, 4) is 0 Å². The summed E-state index contributed by atoms with van der Waals surface area (Å²) in [5, 5.41) is 20.1. The van der Waals surface area contributed by atoms with Crippen molar-refractivity contribution in [2.45, 2.75) is 44.4 Å². The molecule has 1 saturated heterocycles. The van der Waals surface area contributed by atoms with Gasteiger partial charge in [-0.25, -0.2) is 14.4 Å². The quantitative estimate of drug-likeness (QED) is 0.184. The van der Waals surface area contributed by atoms with Crippen molar-refractivity contribution >= 4 is 41.0 Å². The van der Waals surface area contributed by atoms with Crippen molar-refractivity contribution in [3.63, 3.8) is 0 Å². The Labute approximate surface area is 249 Å². The van der Waals surface area contributed by atoms with Gasteiger partial charge in [-0.2, -0.15) is 0 Å². The number of aromatic carboxylic acids is 1. The van der Waals surface area contributed by atoms with Crippen LogP contribution in [-0.2, 0) is 19.1 Å². The smallest absolute Gasteiger partial charge is 0.335 e. The molecule has 1 aliphatic heterocycles. The summed E-state index contributed by atoms with van der Waals surface area (Å²) < 4.78 is 5.68. The number of rotatable bonds is 9. The number of hydrogen-bond acceptors (Lipinski definition) is 7. The lowest BCUT2D eigenvalue weighted by Gasteiger charge is -2.31. The van der Waals surface area contributed by atoms with E-state index in [1.165, 1.54) is 24.3 Å². The van der Waals surface area contributed by atoms with E-state index in [4.69, 9.17) is 4.74 Å². The maximum atomic E-state index is 13.9. The van der Waals surface area contributed by atoms with Crippen LogP contribution in [0.15, 0.2) is 84.9 Å². The van der Waals surface area contributed by atoms with Crippen LogP contribution in [0.1, 0.15) is 49.2 Å². The van der Waals surface area contributed by atoms with Gasteiger partial charge >= 0.3 is 18.0 Å². The van der Waals surface area contributed by atoms with E-state index in [0.717, 1.165) is 0 Å². The Kier molecular flexibility index (Phi) is 9.25.